The van der Waals surface area contributed by atoms with E-state index in [9.17, 15) is 0 Å². The maximum atomic E-state index is 8.36. The highest BCUT2D eigenvalue weighted by Gasteiger charge is 2.24. The fraction of sp³-hybridized carbons (Fsp3) is 0.556. The molecule has 0 atom stereocenters. The normalized spacial score (nSPS) is 15.9. The number of hydrogen-bond donors (Lipinski definition) is 0. The summed E-state index contributed by atoms with van der Waals surface area (Å²) < 4.78 is 1.86. The maximum absolute atomic E-state index is 8.36. The summed E-state index contributed by atoms with van der Waals surface area (Å²) >= 11 is 0. The molecule has 3 nitrogen and oxygen atoms in total. The van der Waals surface area contributed by atoms with E-state index in [1.165, 1.54) is 18.4 Å². The molecule has 0 bridgehead atoms. The van der Waals surface area contributed by atoms with Crippen LogP contribution >= 0.6 is 0 Å². The molecular weight excluding hydrogens is 150 g/mol. The van der Waals surface area contributed by atoms with Crippen molar-refractivity contribution in [2.75, 3.05) is 0 Å². The van der Waals surface area contributed by atoms with Crippen LogP contribution in [0.1, 0.15) is 30.7 Å². The molecule has 0 radical (unpaired) electrons. The molecule has 0 saturated heterocycles. The molecule has 0 aromatic carbocycles. The van der Waals surface area contributed by atoms with Gasteiger partial charge in [0.05, 0.1) is 25.2 Å². The first-order chi connectivity index (χ1) is 5.90. The molecule has 1 heterocycles. The first kappa shape index (κ1) is 7.35. The zero-order valence-electron chi connectivity index (χ0n) is 6.90. The van der Waals surface area contributed by atoms with E-state index in [2.05, 4.69) is 17.4 Å². The molecule has 1 saturated carbocycles. The van der Waals surface area contributed by atoms with Crippen molar-refractivity contribution in [3.63, 3.8) is 0 Å². The van der Waals surface area contributed by atoms with Crippen LogP contribution in [-0.4, -0.2) is 9.78 Å². The number of aryl methyl sites for hydroxylation is 1. The monoisotopic (exact) mass is 161 g/mol. The SMILES string of the molecule is N#CCCn1cc(C2CC2)cn1. The minimum absolute atomic E-state index is 0.547. The minimum atomic E-state index is 0.547. The van der Waals surface area contributed by atoms with Crippen LogP contribution in [0.15, 0.2) is 12.4 Å². The van der Waals surface area contributed by atoms with Crippen molar-refractivity contribution in [2.24, 2.45) is 0 Å². The number of nitriles is 1. The largest absolute Gasteiger partial charge is 0.271 e. The number of rotatable bonds is 3. The molecule has 2 rings (SSSR count). The fourth-order valence-corrected chi connectivity index (χ4v) is 1.29. The quantitative estimate of drug-likeness (QED) is 0.676. The molecule has 0 unspecified atom stereocenters. The van der Waals surface area contributed by atoms with Gasteiger partial charge in [0, 0.05) is 6.20 Å². The molecule has 62 valence electrons. The molecule has 0 amide bonds. The number of aromatic nitrogens is 2. The van der Waals surface area contributed by atoms with E-state index in [0.717, 1.165) is 12.5 Å². The van der Waals surface area contributed by atoms with Gasteiger partial charge in [0.1, 0.15) is 0 Å². The van der Waals surface area contributed by atoms with Gasteiger partial charge in [0.2, 0.25) is 0 Å². The van der Waals surface area contributed by atoms with Crippen molar-refractivity contribution >= 4 is 0 Å². The van der Waals surface area contributed by atoms with Crippen molar-refractivity contribution in [1.82, 2.24) is 9.78 Å². The predicted molar refractivity (Wildman–Crippen MR) is 44.4 cm³/mol. The highest BCUT2D eigenvalue weighted by molar-refractivity contribution is 5.16. The second-order valence-electron chi connectivity index (χ2n) is 3.22. The predicted octanol–water partition coefficient (Wildman–Crippen LogP) is 1.67. The molecule has 1 aromatic heterocycles. The van der Waals surface area contributed by atoms with Crippen LogP contribution in [0.3, 0.4) is 0 Å². The highest BCUT2D eigenvalue weighted by Crippen LogP contribution is 2.39. The van der Waals surface area contributed by atoms with Crippen molar-refractivity contribution in [2.45, 2.75) is 31.7 Å². The zero-order chi connectivity index (χ0) is 8.39. The van der Waals surface area contributed by atoms with Gasteiger partial charge in [0.15, 0.2) is 0 Å². The van der Waals surface area contributed by atoms with E-state index in [-0.39, 0.29) is 0 Å². The summed E-state index contributed by atoms with van der Waals surface area (Å²) in [6.45, 7) is 0.725. The maximum Gasteiger partial charge on any atom is 0.0641 e. The van der Waals surface area contributed by atoms with Crippen LogP contribution in [0.2, 0.25) is 0 Å². The third kappa shape index (κ3) is 1.48. The van der Waals surface area contributed by atoms with Gasteiger partial charge < -0.3 is 0 Å². The third-order valence-corrected chi connectivity index (χ3v) is 2.15. The molecule has 1 aliphatic carbocycles. The highest BCUT2D eigenvalue weighted by atomic mass is 15.3. The lowest BCUT2D eigenvalue weighted by Gasteiger charge is -1.93. The van der Waals surface area contributed by atoms with Gasteiger partial charge >= 0.3 is 0 Å². The lowest BCUT2D eigenvalue weighted by atomic mass is 10.2. The topological polar surface area (TPSA) is 41.6 Å². The molecule has 0 aliphatic heterocycles. The molecule has 1 fully saturated rings. The van der Waals surface area contributed by atoms with Crippen LogP contribution in [0.25, 0.3) is 0 Å². The number of nitrogens with zero attached hydrogens (tertiary/aromatic N) is 3. The summed E-state index contributed by atoms with van der Waals surface area (Å²) in [7, 11) is 0. The van der Waals surface area contributed by atoms with Gasteiger partial charge in [-0.1, -0.05) is 0 Å². The number of hydrogen-bond acceptors (Lipinski definition) is 2. The Morgan fingerprint density at radius 3 is 3.17 bits per heavy atom. The van der Waals surface area contributed by atoms with Crippen molar-refractivity contribution < 1.29 is 0 Å². The summed E-state index contributed by atoms with van der Waals surface area (Å²) in [4.78, 5) is 0. The van der Waals surface area contributed by atoms with Crippen LogP contribution in [0, 0.1) is 11.3 Å². The Morgan fingerprint density at radius 2 is 2.50 bits per heavy atom. The van der Waals surface area contributed by atoms with Gasteiger partial charge in [-0.25, -0.2) is 0 Å². The first-order valence-electron chi connectivity index (χ1n) is 4.29. The summed E-state index contributed by atoms with van der Waals surface area (Å²) in [5, 5.41) is 12.5. The van der Waals surface area contributed by atoms with Crippen LogP contribution < -0.4 is 0 Å². The molecular formula is C9H11N3. The molecule has 0 spiro atoms. The molecule has 1 aromatic rings. The molecule has 0 N–H and O–H groups in total. The summed E-state index contributed by atoms with van der Waals surface area (Å²) in [5.41, 5.74) is 1.34. The minimum Gasteiger partial charge on any atom is -0.271 e. The Balaban J connectivity index is 1.99. The third-order valence-electron chi connectivity index (χ3n) is 2.15. The average molecular weight is 161 g/mol. The summed E-state index contributed by atoms with van der Waals surface area (Å²) in [6.07, 6.45) is 7.16. The standard InChI is InChI=1S/C9H11N3/c10-4-1-5-12-7-9(6-11-12)8-2-3-8/h6-8H,1-3,5H2. The Kier molecular flexibility index (Phi) is 1.83. The second-order valence-corrected chi connectivity index (χ2v) is 3.22. The van der Waals surface area contributed by atoms with Gasteiger partial charge in [-0.15, -0.1) is 0 Å². The van der Waals surface area contributed by atoms with Crippen molar-refractivity contribution in [3.8, 4) is 6.07 Å². The van der Waals surface area contributed by atoms with E-state index >= 15 is 0 Å². The Labute approximate surface area is 71.6 Å². The average Bonchev–Trinajstić information content (AvgIpc) is 2.83. The van der Waals surface area contributed by atoms with Crippen molar-refractivity contribution in [1.29, 1.82) is 5.26 Å². The van der Waals surface area contributed by atoms with Gasteiger partial charge in [0.25, 0.3) is 0 Å². The lowest BCUT2D eigenvalue weighted by molar-refractivity contribution is 0.627. The van der Waals surface area contributed by atoms with Crippen LogP contribution in [-0.2, 0) is 6.54 Å². The van der Waals surface area contributed by atoms with Crippen LogP contribution in [0.5, 0.6) is 0 Å². The van der Waals surface area contributed by atoms with E-state index in [1.54, 1.807) is 0 Å². The zero-order valence-corrected chi connectivity index (χ0v) is 6.90. The van der Waals surface area contributed by atoms with E-state index < -0.39 is 0 Å². The lowest BCUT2D eigenvalue weighted by Crippen LogP contribution is -1.96. The second kappa shape index (κ2) is 2.98. The van der Waals surface area contributed by atoms with Gasteiger partial charge in [-0.3, -0.25) is 4.68 Å². The Hall–Kier alpha value is -1.30. The molecule has 1 aliphatic rings. The smallest absolute Gasteiger partial charge is 0.0641 e. The van der Waals surface area contributed by atoms with E-state index in [4.69, 9.17) is 5.26 Å². The Morgan fingerprint density at radius 1 is 1.67 bits per heavy atom. The first-order valence-corrected chi connectivity index (χ1v) is 4.29. The van der Waals surface area contributed by atoms with Crippen LogP contribution in [0.4, 0.5) is 0 Å². The van der Waals surface area contributed by atoms with E-state index in [1.807, 2.05) is 10.9 Å². The van der Waals surface area contributed by atoms with Gasteiger partial charge in [-0.2, -0.15) is 10.4 Å². The summed E-state index contributed by atoms with van der Waals surface area (Å²) in [6, 6.07) is 2.11. The summed E-state index contributed by atoms with van der Waals surface area (Å²) in [5.74, 6) is 0.765. The fourth-order valence-electron chi connectivity index (χ4n) is 1.29. The van der Waals surface area contributed by atoms with Gasteiger partial charge in [-0.05, 0) is 24.3 Å². The molecule has 3 heteroatoms. The van der Waals surface area contributed by atoms with E-state index in [0.29, 0.717) is 6.42 Å². The Bertz CT molecular complexity index is 304. The van der Waals surface area contributed by atoms with Crippen molar-refractivity contribution in [3.05, 3.63) is 18.0 Å². The molecule has 12 heavy (non-hydrogen) atoms.